The minimum atomic E-state index is -6.23. The Morgan fingerprint density at radius 3 is 1.32 bits per heavy atom. The second-order valence-electron chi connectivity index (χ2n) is 3.72. The van der Waals surface area contributed by atoms with E-state index < -0.39 is 33.5 Å². The van der Waals surface area contributed by atoms with Gasteiger partial charge in [0.1, 0.15) is 0 Å². The first kappa shape index (κ1) is 21.8. The Morgan fingerprint density at radius 2 is 1.09 bits per heavy atom. The molecule has 6 nitrogen and oxygen atoms in total. The van der Waals surface area contributed by atoms with Crippen LogP contribution in [-0.2, 0) is 26.9 Å². The Labute approximate surface area is 123 Å². The van der Waals surface area contributed by atoms with Crippen molar-refractivity contribution in [3.05, 3.63) is 0 Å². The zero-order valence-electron chi connectivity index (χ0n) is 12.2. The fourth-order valence-electron chi connectivity index (χ4n) is 1.49. The summed E-state index contributed by atoms with van der Waals surface area (Å²) in [6, 6.07) is 0. The number of rotatable bonds is 9. The topological polar surface area (TPSA) is 63.2 Å². The van der Waals surface area contributed by atoms with Crippen LogP contribution in [0.15, 0.2) is 0 Å². The Bertz CT molecular complexity index is 415. The molecule has 0 radical (unpaired) electrons. The van der Waals surface area contributed by atoms with Crippen LogP contribution in [-0.4, -0.2) is 61.5 Å². The summed E-state index contributed by atoms with van der Waals surface area (Å²) in [7, 11) is -9.24. The SMILES string of the molecule is CO[Si](OC)(OC)C(F)(F)C(F)(F)C(F)(F)P(=O)(OC)OC. The van der Waals surface area contributed by atoms with E-state index >= 15 is 0 Å². The molecule has 0 amide bonds. The van der Waals surface area contributed by atoms with Crippen LogP contribution in [0.3, 0.4) is 0 Å². The molecule has 0 aromatic carbocycles. The van der Waals surface area contributed by atoms with Crippen molar-refractivity contribution in [1.82, 2.24) is 0 Å². The largest absolute Gasteiger partial charge is 0.581 e. The molecule has 0 aromatic heterocycles. The van der Waals surface area contributed by atoms with Crippen molar-refractivity contribution in [1.29, 1.82) is 0 Å². The van der Waals surface area contributed by atoms with Crippen molar-refractivity contribution < 1.29 is 53.2 Å². The molecule has 22 heavy (non-hydrogen) atoms. The van der Waals surface area contributed by atoms with E-state index in [2.05, 4.69) is 22.3 Å². The lowest BCUT2D eigenvalue weighted by atomic mass is 10.3. The molecule has 0 bridgehead atoms. The minimum Gasteiger partial charge on any atom is -0.373 e. The van der Waals surface area contributed by atoms with Gasteiger partial charge in [-0.25, -0.2) is 0 Å². The smallest absolute Gasteiger partial charge is 0.373 e. The van der Waals surface area contributed by atoms with Gasteiger partial charge >= 0.3 is 33.5 Å². The molecule has 14 heteroatoms. The zero-order valence-corrected chi connectivity index (χ0v) is 14.1. The molecule has 0 aliphatic carbocycles. The van der Waals surface area contributed by atoms with Gasteiger partial charge in [-0.15, -0.1) is 0 Å². The Kier molecular flexibility index (Phi) is 6.70. The molecule has 0 saturated carbocycles. The molecule has 134 valence electrons. The first-order valence-electron chi connectivity index (χ1n) is 5.31. The van der Waals surface area contributed by atoms with Crippen molar-refractivity contribution in [3.8, 4) is 0 Å². The number of halogens is 6. The van der Waals surface area contributed by atoms with Gasteiger partial charge in [0.05, 0.1) is 0 Å². The summed E-state index contributed by atoms with van der Waals surface area (Å²) in [5, 5.41) is 0. The van der Waals surface area contributed by atoms with Crippen molar-refractivity contribution in [2.75, 3.05) is 35.5 Å². The molecule has 0 aliphatic heterocycles. The molecule has 0 N–H and O–H groups in total. The van der Waals surface area contributed by atoms with E-state index in [0.717, 1.165) is 0 Å². The van der Waals surface area contributed by atoms with Crippen molar-refractivity contribution in [2.24, 2.45) is 0 Å². The van der Waals surface area contributed by atoms with Crippen LogP contribution in [0.1, 0.15) is 0 Å². The number of hydrogen-bond donors (Lipinski definition) is 0. The van der Waals surface area contributed by atoms with Crippen molar-refractivity contribution >= 4 is 16.4 Å². The van der Waals surface area contributed by atoms with Crippen LogP contribution >= 0.6 is 7.60 Å². The summed E-state index contributed by atoms with van der Waals surface area (Å²) in [6.07, 6.45) is 0. The van der Waals surface area contributed by atoms with E-state index in [1.807, 2.05) is 0 Å². The first-order chi connectivity index (χ1) is 9.80. The fourth-order valence-corrected chi connectivity index (χ4v) is 4.50. The van der Waals surface area contributed by atoms with Gasteiger partial charge < -0.3 is 22.3 Å². The summed E-state index contributed by atoms with van der Waals surface area (Å²) in [5.41, 5.74) is -11.5. The molecule has 0 heterocycles. The maximum atomic E-state index is 14.0. The molecular weight excluding hydrogens is 365 g/mol. The normalized spacial score (nSPS) is 15.2. The summed E-state index contributed by atoms with van der Waals surface area (Å²) in [6.45, 7) is 0. The highest BCUT2D eigenvalue weighted by Crippen LogP contribution is 2.69. The lowest BCUT2D eigenvalue weighted by Crippen LogP contribution is -2.71. The first-order valence-corrected chi connectivity index (χ1v) is 8.58. The minimum absolute atomic E-state index is 0.347. The predicted octanol–water partition coefficient (Wildman–Crippen LogP) is 2.75. The van der Waals surface area contributed by atoms with Crippen molar-refractivity contribution in [2.45, 2.75) is 17.1 Å². The highest BCUT2D eigenvalue weighted by Gasteiger charge is 2.88. The molecule has 0 saturated heterocycles. The third-order valence-electron chi connectivity index (χ3n) is 2.79. The maximum absolute atomic E-state index is 14.0. The number of alkyl halides is 6. The van der Waals surface area contributed by atoms with Gasteiger partial charge in [-0.3, -0.25) is 4.57 Å². The highest BCUT2D eigenvalue weighted by molar-refractivity contribution is 7.55. The van der Waals surface area contributed by atoms with E-state index in [-0.39, 0.29) is 0 Å². The molecule has 0 rings (SSSR count). The molecule has 0 spiro atoms. The van der Waals surface area contributed by atoms with Crippen molar-refractivity contribution in [3.63, 3.8) is 0 Å². The van der Waals surface area contributed by atoms with E-state index in [1.54, 1.807) is 0 Å². The average molecular weight is 380 g/mol. The standard InChI is InChI=1S/C8H15F6O6PSi/c1-16-21(15,17-2)7(11,12)6(9,10)8(13,14)22(18-3,19-4)20-5/h1-5H3. The third kappa shape index (κ3) is 2.72. The van der Waals surface area contributed by atoms with Gasteiger partial charge in [0.15, 0.2) is 0 Å². The van der Waals surface area contributed by atoms with E-state index in [0.29, 0.717) is 35.5 Å². The second-order valence-corrected chi connectivity index (χ2v) is 8.97. The van der Waals surface area contributed by atoms with Gasteiger partial charge in [-0.1, -0.05) is 0 Å². The van der Waals surface area contributed by atoms with Crippen LogP contribution < -0.4 is 0 Å². The summed E-state index contributed by atoms with van der Waals surface area (Å²) in [4.78, 5) is 0. The van der Waals surface area contributed by atoms with E-state index in [1.165, 1.54) is 0 Å². The molecule has 0 aliphatic rings. The van der Waals surface area contributed by atoms with Gasteiger partial charge in [-0.2, -0.15) is 26.3 Å². The summed E-state index contributed by atoms with van der Waals surface area (Å²) >= 11 is 0. The molecule has 0 aromatic rings. The summed E-state index contributed by atoms with van der Waals surface area (Å²) in [5.74, 6) is -6.23. The van der Waals surface area contributed by atoms with Gasteiger partial charge in [0, 0.05) is 35.5 Å². The Hall–Kier alpha value is -0.173. The van der Waals surface area contributed by atoms with Crippen LogP contribution in [0.25, 0.3) is 0 Å². The Morgan fingerprint density at radius 1 is 0.773 bits per heavy atom. The van der Waals surface area contributed by atoms with Gasteiger partial charge in [0.25, 0.3) is 0 Å². The van der Waals surface area contributed by atoms with Crippen LogP contribution in [0.4, 0.5) is 26.3 Å². The highest BCUT2D eigenvalue weighted by atomic mass is 31.2. The predicted molar refractivity (Wildman–Crippen MR) is 63.2 cm³/mol. The quantitative estimate of drug-likeness (QED) is 0.348. The fraction of sp³-hybridized carbons (Fsp3) is 1.00. The molecule has 0 unspecified atom stereocenters. The maximum Gasteiger partial charge on any atom is 0.581 e. The Balaban J connectivity index is 6.26. The molecular formula is C8H15F6O6PSi. The zero-order chi connectivity index (χ0) is 18.0. The van der Waals surface area contributed by atoms with E-state index in [4.69, 9.17) is 0 Å². The average Bonchev–Trinajstić information content (AvgIpc) is 2.47. The lowest BCUT2D eigenvalue weighted by molar-refractivity contribution is -0.271. The molecule has 0 fully saturated rings. The van der Waals surface area contributed by atoms with Gasteiger partial charge in [-0.05, 0) is 0 Å². The third-order valence-corrected chi connectivity index (χ3v) is 7.41. The van der Waals surface area contributed by atoms with Gasteiger partial charge in [0.2, 0.25) is 0 Å². The van der Waals surface area contributed by atoms with Crippen LogP contribution in [0.2, 0.25) is 0 Å². The monoisotopic (exact) mass is 380 g/mol. The molecule has 0 atom stereocenters. The lowest BCUT2D eigenvalue weighted by Gasteiger charge is -2.39. The van der Waals surface area contributed by atoms with E-state index in [9.17, 15) is 30.9 Å². The summed E-state index contributed by atoms with van der Waals surface area (Å²) < 4.78 is 115. The number of hydrogen-bond acceptors (Lipinski definition) is 6. The second kappa shape index (κ2) is 6.75. The van der Waals surface area contributed by atoms with Crippen LogP contribution in [0.5, 0.6) is 0 Å². The van der Waals surface area contributed by atoms with Crippen LogP contribution in [0, 0.1) is 0 Å².